The standard InChI is InChI=1S/C21H19ClN4O3S3/c1-13(16-5-9-18(10-6-16)29-14(2)27)23-24-19(28)12-31-21-26-25-20(32-21)30-11-15-3-7-17(22)8-4-15/h3-10H,11-12H2,1-2H3,(H,24,28)/b23-13+. The molecule has 0 aliphatic carbocycles. The quantitative estimate of drug-likeness (QED) is 0.143. The van der Waals surface area contributed by atoms with Crippen LogP contribution in [0.1, 0.15) is 25.0 Å². The second kappa shape index (κ2) is 12.0. The highest BCUT2D eigenvalue weighted by Crippen LogP contribution is 2.30. The highest BCUT2D eigenvalue weighted by molar-refractivity contribution is 8.03. The summed E-state index contributed by atoms with van der Waals surface area (Å²) >= 11 is 10.2. The van der Waals surface area contributed by atoms with Gasteiger partial charge in [0.1, 0.15) is 5.75 Å². The van der Waals surface area contributed by atoms with Gasteiger partial charge in [0.25, 0.3) is 5.91 Å². The minimum absolute atomic E-state index is 0.179. The predicted octanol–water partition coefficient (Wildman–Crippen LogP) is 5.04. The van der Waals surface area contributed by atoms with Crippen molar-refractivity contribution in [1.82, 2.24) is 15.6 Å². The molecular formula is C21H19ClN4O3S3. The van der Waals surface area contributed by atoms with E-state index >= 15 is 0 Å². The average Bonchev–Trinajstić information content (AvgIpc) is 3.23. The van der Waals surface area contributed by atoms with Crippen LogP contribution in [0.25, 0.3) is 0 Å². The number of esters is 1. The molecule has 0 spiro atoms. The number of hydrazone groups is 1. The van der Waals surface area contributed by atoms with Crippen molar-refractivity contribution in [2.45, 2.75) is 28.3 Å². The number of ether oxygens (including phenoxy) is 1. The first-order chi connectivity index (χ1) is 15.4. The minimum Gasteiger partial charge on any atom is -0.427 e. The van der Waals surface area contributed by atoms with Crippen LogP contribution in [-0.4, -0.2) is 33.5 Å². The summed E-state index contributed by atoms with van der Waals surface area (Å²) in [4.78, 5) is 23.1. The smallest absolute Gasteiger partial charge is 0.308 e. The van der Waals surface area contributed by atoms with Crippen molar-refractivity contribution in [1.29, 1.82) is 0 Å². The van der Waals surface area contributed by atoms with Crippen molar-refractivity contribution >= 4 is 64.0 Å². The van der Waals surface area contributed by atoms with Crippen molar-refractivity contribution in [2.24, 2.45) is 5.10 Å². The summed E-state index contributed by atoms with van der Waals surface area (Å²) in [6.07, 6.45) is 0. The molecule has 32 heavy (non-hydrogen) atoms. The second-order valence-corrected chi connectivity index (χ2v) is 10.2. The molecule has 1 amide bonds. The van der Waals surface area contributed by atoms with E-state index in [1.165, 1.54) is 30.0 Å². The fourth-order valence-corrected chi connectivity index (χ4v) is 5.23. The number of benzene rings is 2. The average molecular weight is 507 g/mol. The Morgan fingerprint density at radius 3 is 2.34 bits per heavy atom. The molecule has 166 valence electrons. The van der Waals surface area contributed by atoms with Gasteiger partial charge in [0.2, 0.25) is 0 Å². The highest BCUT2D eigenvalue weighted by atomic mass is 35.5. The number of hydrogen-bond donors (Lipinski definition) is 1. The molecular weight excluding hydrogens is 488 g/mol. The first-order valence-electron chi connectivity index (χ1n) is 9.34. The van der Waals surface area contributed by atoms with Crippen molar-refractivity contribution < 1.29 is 14.3 Å². The summed E-state index contributed by atoms with van der Waals surface area (Å²) in [7, 11) is 0. The SMILES string of the molecule is CC(=O)Oc1ccc(/C(C)=N/NC(=O)CSc2nnc(SCc3ccc(Cl)cc3)s2)cc1. The maximum atomic E-state index is 12.1. The Labute approximate surface area is 203 Å². The number of amides is 1. The number of carbonyl (C=O) groups excluding carboxylic acids is 2. The Morgan fingerprint density at radius 2 is 1.69 bits per heavy atom. The topological polar surface area (TPSA) is 93.5 Å². The van der Waals surface area contributed by atoms with E-state index in [9.17, 15) is 9.59 Å². The summed E-state index contributed by atoms with van der Waals surface area (Å²) in [5, 5.41) is 13.1. The van der Waals surface area contributed by atoms with Crippen LogP contribution in [0.2, 0.25) is 5.02 Å². The molecule has 1 heterocycles. The van der Waals surface area contributed by atoms with Crippen LogP contribution in [0.5, 0.6) is 5.75 Å². The molecule has 0 saturated heterocycles. The van der Waals surface area contributed by atoms with Crippen molar-refractivity contribution in [3.8, 4) is 5.75 Å². The lowest BCUT2D eigenvalue weighted by Gasteiger charge is -2.04. The predicted molar refractivity (Wildman–Crippen MR) is 130 cm³/mol. The van der Waals surface area contributed by atoms with E-state index in [2.05, 4.69) is 20.7 Å². The number of aromatic nitrogens is 2. The zero-order valence-corrected chi connectivity index (χ0v) is 20.4. The maximum Gasteiger partial charge on any atom is 0.308 e. The van der Waals surface area contributed by atoms with Crippen LogP contribution in [0.15, 0.2) is 62.3 Å². The molecule has 0 radical (unpaired) electrons. The van der Waals surface area contributed by atoms with Gasteiger partial charge in [-0.3, -0.25) is 9.59 Å². The molecule has 3 rings (SSSR count). The lowest BCUT2D eigenvalue weighted by atomic mass is 10.1. The summed E-state index contributed by atoms with van der Waals surface area (Å²) in [6, 6.07) is 14.6. The zero-order chi connectivity index (χ0) is 22.9. The van der Waals surface area contributed by atoms with E-state index in [1.54, 1.807) is 43.0 Å². The lowest BCUT2D eigenvalue weighted by molar-refractivity contribution is -0.131. The van der Waals surface area contributed by atoms with Crippen LogP contribution >= 0.6 is 46.5 Å². The van der Waals surface area contributed by atoms with Gasteiger partial charge < -0.3 is 4.74 Å². The lowest BCUT2D eigenvalue weighted by Crippen LogP contribution is -2.21. The molecule has 0 aliphatic heterocycles. The van der Waals surface area contributed by atoms with Crippen LogP contribution in [-0.2, 0) is 15.3 Å². The number of nitrogens with one attached hydrogen (secondary N) is 1. The number of halogens is 1. The van der Waals surface area contributed by atoms with E-state index < -0.39 is 0 Å². The summed E-state index contributed by atoms with van der Waals surface area (Å²) in [5.41, 5.74) is 5.13. The van der Waals surface area contributed by atoms with Gasteiger partial charge in [-0.05, 0) is 54.4 Å². The van der Waals surface area contributed by atoms with Gasteiger partial charge in [-0.25, -0.2) is 5.43 Å². The molecule has 0 bridgehead atoms. The third-order valence-corrected chi connectivity index (χ3v) is 7.39. The summed E-state index contributed by atoms with van der Waals surface area (Å²) in [5.74, 6) is 0.787. The van der Waals surface area contributed by atoms with Gasteiger partial charge in [-0.1, -0.05) is 58.6 Å². The van der Waals surface area contributed by atoms with Gasteiger partial charge in [-0.2, -0.15) is 5.10 Å². The van der Waals surface area contributed by atoms with Gasteiger partial charge in [0, 0.05) is 17.7 Å². The maximum absolute atomic E-state index is 12.1. The van der Waals surface area contributed by atoms with Crippen LogP contribution < -0.4 is 10.2 Å². The largest absolute Gasteiger partial charge is 0.427 e. The van der Waals surface area contributed by atoms with E-state index in [0.717, 1.165) is 25.6 Å². The molecule has 1 aromatic heterocycles. The normalized spacial score (nSPS) is 11.3. The van der Waals surface area contributed by atoms with Crippen molar-refractivity contribution in [3.05, 3.63) is 64.7 Å². The van der Waals surface area contributed by atoms with Crippen LogP contribution in [0.4, 0.5) is 0 Å². The number of carbonyl (C=O) groups is 2. The van der Waals surface area contributed by atoms with E-state index in [0.29, 0.717) is 16.5 Å². The van der Waals surface area contributed by atoms with Gasteiger partial charge in [0.15, 0.2) is 8.68 Å². The van der Waals surface area contributed by atoms with Crippen LogP contribution in [0.3, 0.4) is 0 Å². The molecule has 3 aromatic rings. The van der Waals surface area contributed by atoms with E-state index in [-0.39, 0.29) is 17.6 Å². The van der Waals surface area contributed by atoms with Gasteiger partial charge in [-0.15, -0.1) is 10.2 Å². The molecule has 2 aromatic carbocycles. The first kappa shape index (κ1) is 24.2. The Bertz CT molecular complexity index is 1100. The van der Waals surface area contributed by atoms with Crippen LogP contribution in [0, 0.1) is 0 Å². The summed E-state index contributed by atoms with van der Waals surface area (Å²) in [6.45, 7) is 3.13. The monoisotopic (exact) mass is 506 g/mol. The Kier molecular flexibility index (Phi) is 9.10. The van der Waals surface area contributed by atoms with Gasteiger partial charge in [0.05, 0.1) is 11.5 Å². The number of hydrogen-bond acceptors (Lipinski definition) is 9. The van der Waals surface area contributed by atoms with Crippen molar-refractivity contribution in [3.63, 3.8) is 0 Å². The Morgan fingerprint density at radius 1 is 1.03 bits per heavy atom. The summed E-state index contributed by atoms with van der Waals surface area (Å²) < 4.78 is 6.56. The highest BCUT2D eigenvalue weighted by Gasteiger charge is 2.09. The Balaban J connectivity index is 1.43. The number of rotatable bonds is 9. The molecule has 0 atom stereocenters. The molecule has 0 saturated carbocycles. The number of thioether (sulfide) groups is 2. The third-order valence-electron chi connectivity index (χ3n) is 3.87. The third kappa shape index (κ3) is 7.94. The molecule has 1 N–H and O–H groups in total. The van der Waals surface area contributed by atoms with E-state index in [1.807, 2.05) is 24.3 Å². The van der Waals surface area contributed by atoms with Crippen molar-refractivity contribution in [2.75, 3.05) is 5.75 Å². The van der Waals surface area contributed by atoms with Gasteiger partial charge >= 0.3 is 5.97 Å². The fraction of sp³-hybridized carbons (Fsp3) is 0.190. The minimum atomic E-state index is -0.379. The molecule has 0 unspecified atom stereocenters. The zero-order valence-electron chi connectivity index (χ0n) is 17.2. The number of nitrogens with zero attached hydrogens (tertiary/aromatic N) is 3. The molecule has 7 nitrogen and oxygen atoms in total. The second-order valence-electron chi connectivity index (χ2n) is 6.39. The Hall–Kier alpha value is -2.40. The molecule has 11 heteroatoms. The molecule has 0 fully saturated rings. The fourth-order valence-electron chi connectivity index (χ4n) is 2.34. The molecule has 0 aliphatic rings. The first-order valence-corrected chi connectivity index (χ1v) is 12.5. The van der Waals surface area contributed by atoms with E-state index in [4.69, 9.17) is 16.3 Å².